The van der Waals surface area contributed by atoms with Gasteiger partial charge in [0.2, 0.25) is 0 Å². The Balaban J connectivity index is 1.74. The summed E-state index contributed by atoms with van der Waals surface area (Å²) in [7, 11) is 0. The number of rotatable bonds is 2. The van der Waals surface area contributed by atoms with Crippen LogP contribution < -0.4 is 5.73 Å². The van der Waals surface area contributed by atoms with Crippen molar-refractivity contribution in [1.29, 1.82) is 0 Å². The maximum absolute atomic E-state index is 5.95. The van der Waals surface area contributed by atoms with E-state index < -0.39 is 0 Å². The van der Waals surface area contributed by atoms with Crippen molar-refractivity contribution in [2.24, 2.45) is 5.73 Å². The van der Waals surface area contributed by atoms with Gasteiger partial charge in [-0.15, -0.1) is 0 Å². The predicted molar refractivity (Wildman–Crippen MR) is 75.7 cm³/mol. The number of hydrogen-bond donors (Lipinski definition) is 1. The second-order valence-corrected chi connectivity index (χ2v) is 5.79. The van der Waals surface area contributed by atoms with Crippen LogP contribution in [0.3, 0.4) is 0 Å². The summed E-state index contributed by atoms with van der Waals surface area (Å²) >= 11 is 0. The number of piperidine rings is 1. The standard InChI is InChI=1S/C16H24N2/c17-12-16-7-3-4-10-18(16)15-9-8-13-5-1-2-6-14(13)11-15/h1-2,5-6,15-16H,3-4,7-12,17H2. The molecular formula is C16H24N2. The summed E-state index contributed by atoms with van der Waals surface area (Å²) in [5.41, 5.74) is 9.08. The first-order valence-corrected chi connectivity index (χ1v) is 7.41. The Kier molecular flexibility index (Phi) is 3.67. The molecular weight excluding hydrogens is 220 g/mol. The summed E-state index contributed by atoms with van der Waals surface area (Å²) in [5, 5.41) is 0. The molecule has 1 fully saturated rings. The van der Waals surface area contributed by atoms with Gasteiger partial charge < -0.3 is 5.73 Å². The van der Waals surface area contributed by atoms with Crippen molar-refractivity contribution in [3.05, 3.63) is 35.4 Å². The molecule has 0 aromatic heterocycles. The zero-order valence-electron chi connectivity index (χ0n) is 11.1. The molecule has 0 amide bonds. The third kappa shape index (κ3) is 2.32. The van der Waals surface area contributed by atoms with Crippen LogP contribution in [0.4, 0.5) is 0 Å². The van der Waals surface area contributed by atoms with Crippen LogP contribution >= 0.6 is 0 Å². The lowest BCUT2D eigenvalue weighted by Crippen LogP contribution is -2.51. The molecule has 1 aromatic carbocycles. The molecule has 0 saturated carbocycles. The van der Waals surface area contributed by atoms with E-state index in [1.165, 1.54) is 45.1 Å². The minimum Gasteiger partial charge on any atom is -0.329 e. The van der Waals surface area contributed by atoms with Gasteiger partial charge in [0, 0.05) is 18.6 Å². The van der Waals surface area contributed by atoms with Crippen molar-refractivity contribution in [2.75, 3.05) is 13.1 Å². The minimum atomic E-state index is 0.633. The van der Waals surface area contributed by atoms with E-state index in [1.54, 1.807) is 11.1 Å². The van der Waals surface area contributed by atoms with Gasteiger partial charge in [-0.3, -0.25) is 4.90 Å². The molecule has 2 unspecified atom stereocenters. The molecule has 1 aliphatic carbocycles. The highest BCUT2D eigenvalue weighted by molar-refractivity contribution is 5.30. The molecule has 1 aromatic rings. The monoisotopic (exact) mass is 244 g/mol. The van der Waals surface area contributed by atoms with Gasteiger partial charge in [-0.2, -0.15) is 0 Å². The molecule has 2 nitrogen and oxygen atoms in total. The Bertz CT molecular complexity index is 402. The summed E-state index contributed by atoms with van der Waals surface area (Å²) in [6, 6.07) is 10.3. The number of aryl methyl sites for hydroxylation is 1. The third-order valence-corrected chi connectivity index (χ3v) is 4.73. The first kappa shape index (κ1) is 12.2. The van der Waals surface area contributed by atoms with Crippen LogP contribution in [-0.4, -0.2) is 30.1 Å². The van der Waals surface area contributed by atoms with Gasteiger partial charge in [-0.1, -0.05) is 30.7 Å². The van der Waals surface area contributed by atoms with Crippen molar-refractivity contribution in [2.45, 2.75) is 50.6 Å². The lowest BCUT2D eigenvalue weighted by Gasteiger charge is -2.42. The number of likely N-dealkylation sites (tertiary alicyclic amines) is 1. The van der Waals surface area contributed by atoms with Crippen LogP contribution in [0, 0.1) is 0 Å². The van der Waals surface area contributed by atoms with Gasteiger partial charge in [0.05, 0.1) is 0 Å². The fourth-order valence-corrected chi connectivity index (χ4v) is 3.72. The fraction of sp³-hybridized carbons (Fsp3) is 0.625. The summed E-state index contributed by atoms with van der Waals surface area (Å²) in [6.07, 6.45) is 7.81. The fourth-order valence-electron chi connectivity index (χ4n) is 3.72. The van der Waals surface area contributed by atoms with Crippen LogP contribution in [0.5, 0.6) is 0 Å². The van der Waals surface area contributed by atoms with E-state index in [9.17, 15) is 0 Å². The van der Waals surface area contributed by atoms with Gasteiger partial charge in [-0.05, 0) is 49.8 Å². The molecule has 18 heavy (non-hydrogen) atoms. The highest BCUT2D eigenvalue weighted by Gasteiger charge is 2.30. The molecule has 2 atom stereocenters. The second kappa shape index (κ2) is 5.41. The lowest BCUT2D eigenvalue weighted by atomic mass is 9.85. The van der Waals surface area contributed by atoms with Crippen LogP contribution in [0.2, 0.25) is 0 Å². The van der Waals surface area contributed by atoms with Gasteiger partial charge in [0.15, 0.2) is 0 Å². The van der Waals surface area contributed by atoms with Gasteiger partial charge >= 0.3 is 0 Å². The zero-order valence-corrected chi connectivity index (χ0v) is 11.1. The zero-order chi connectivity index (χ0) is 12.4. The molecule has 2 N–H and O–H groups in total. The van der Waals surface area contributed by atoms with E-state index in [0.717, 1.165) is 12.6 Å². The largest absolute Gasteiger partial charge is 0.329 e. The van der Waals surface area contributed by atoms with Crippen molar-refractivity contribution < 1.29 is 0 Å². The van der Waals surface area contributed by atoms with E-state index in [4.69, 9.17) is 5.73 Å². The summed E-state index contributed by atoms with van der Waals surface area (Å²) in [4.78, 5) is 2.71. The van der Waals surface area contributed by atoms with Crippen molar-refractivity contribution in [3.8, 4) is 0 Å². The summed E-state index contributed by atoms with van der Waals surface area (Å²) in [5.74, 6) is 0. The van der Waals surface area contributed by atoms with E-state index in [1.807, 2.05) is 0 Å². The van der Waals surface area contributed by atoms with Crippen LogP contribution in [-0.2, 0) is 12.8 Å². The lowest BCUT2D eigenvalue weighted by molar-refractivity contribution is 0.0903. The van der Waals surface area contributed by atoms with Gasteiger partial charge in [-0.25, -0.2) is 0 Å². The van der Waals surface area contributed by atoms with Gasteiger partial charge in [0.1, 0.15) is 0 Å². The molecule has 98 valence electrons. The van der Waals surface area contributed by atoms with Crippen LogP contribution in [0.15, 0.2) is 24.3 Å². The maximum atomic E-state index is 5.95. The molecule has 0 radical (unpaired) electrons. The Morgan fingerprint density at radius 1 is 1.11 bits per heavy atom. The SMILES string of the molecule is NCC1CCCCN1C1CCc2ccccc2C1. The Morgan fingerprint density at radius 3 is 2.78 bits per heavy atom. The van der Waals surface area contributed by atoms with E-state index in [0.29, 0.717) is 6.04 Å². The first-order chi connectivity index (χ1) is 8.88. The van der Waals surface area contributed by atoms with Crippen molar-refractivity contribution >= 4 is 0 Å². The van der Waals surface area contributed by atoms with Crippen molar-refractivity contribution in [3.63, 3.8) is 0 Å². The Morgan fingerprint density at radius 2 is 1.94 bits per heavy atom. The smallest absolute Gasteiger partial charge is 0.0221 e. The Labute approximate surface area is 110 Å². The molecule has 0 spiro atoms. The highest BCUT2D eigenvalue weighted by Crippen LogP contribution is 2.28. The van der Waals surface area contributed by atoms with E-state index >= 15 is 0 Å². The van der Waals surface area contributed by atoms with Gasteiger partial charge in [0.25, 0.3) is 0 Å². The number of nitrogens with zero attached hydrogens (tertiary/aromatic N) is 1. The average molecular weight is 244 g/mol. The second-order valence-electron chi connectivity index (χ2n) is 5.79. The third-order valence-electron chi connectivity index (χ3n) is 4.73. The average Bonchev–Trinajstić information content (AvgIpc) is 2.46. The van der Waals surface area contributed by atoms with E-state index in [2.05, 4.69) is 29.2 Å². The molecule has 1 saturated heterocycles. The normalized spacial score (nSPS) is 28.9. The molecule has 3 rings (SSSR count). The topological polar surface area (TPSA) is 29.3 Å². The number of fused-ring (bicyclic) bond motifs is 1. The predicted octanol–water partition coefficient (Wildman–Crippen LogP) is 2.36. The van der Waals surface area contributed by atoms with Crippen molar-refractivity contribution in [1.82, 2.24) is 4.90 Å². The van der Waals surface area contributed by atoms with Crippen LogP contribution in [0.1, 0.15) is 36.8 Å². The molecule has 0 bridgehead atoms. The first-order valence-electron chi connectivity index (χ1n) is 7.41. The van der Waals surface area contributed by atoms with Crippen LogP contribution in [0.25, 0.3) is 0 Å². The number of nitrogens with two attached hydrogens (primary N) is 1. The highest BCUT2D eigenvalue weighted by atomic mass is 15.2. The summed E-state index contributed by atoms with van der Waals surface area (Å²) in [6.45, 7) is 2.09. The maximum Gasteiger partial charge on any atom is 0.0221 e. The minimum absolute atomic E-state index is 0.633. The molecule has 2 heteroatoms. The summed E-state index contributed by atoms with van der Waals surface area (Å²) < 4.78 is 0. The van der Waals surface area contributed by atoms with E-state index in [-0.39, 0.29) is 0 Å². The molecule has 1 aliphatic heterocycles. The number of benzene rings is 1. The molecule has 2 aliphatic rings. The Hall–Kier alpha value is -0.860. The molecule has 1 heterocycles. The quantitative estimate of drug-likeness (QED) is 0.865. The number of hydrogen-bond acceptors (Lipinski definition) is 2.